The molecule has 0 atom stereocenters. The zero-order valence-electron chi connectivity index (χ0n) is 9.90. The van der Waals surface area contributed by atoms with Crippen LogP contribution in [0, 0.1) is 10.8 Å². The van der Waals surface area contributed by atoms with Crippen LogP contribution < -0.4 is 5.32 Å². The molecule has 1 aliphatic carbocycles. The van der Waals surface area contributed by atoms with Crippen molar-refractivity contribution in [3.8, 4) is 0 Å². The molecule has 2 heteroatoms. The molecule has 0 aliphatic heterocycles. The van der Waals surface area contributed by atoms with E-state index >= 15 is 0 Å². The minimum atomic E-state index is 0.0228. The van der Waals surface area contributed by atoms with Crippen LogP contribution in [-0.4, -0.2) is 24.8 Å². The van der Waals surface area contributed by atoms with E-state index in [0.29, 0.717) is 5.41 Å². The van der Waals surface area contributed by atoms with Gasteiger partial charge < -0.3 is 10.4 Å². The lowest BCUT2D eigenvalue weighted by molar-refractivity contribution is 0.151. The van der Waals surface area contributed by atoms with Crippen LogP contribution in [-0.2, 0) is 0 Å². The highest BCUT2D eigenvalue weighted by Crippen LogP contribution is 2.36. The Kier molecular flexibility index (Phi) is 3.96. The van der Waals surface area contributed by atoms with Crippen LogP contribution in [0.15, 0.2) is 0 Å². The minimum Gasteiger partial charge on any atom is -0.396 e. The number of nitrogens with one attached hydrogen (secondary N) is 1. The van der Waals surface area contributed by atoms with Gasteiger partial charge >= 0.3 is 0 Å². The molecule has 0 aromatic heterocycles. The normalized spacial score (nSPS) is 21.4. The van der Waals surface area contributed by atoms with Gasteiger partial charge in [-0.15, -0.1) is 0 Å². The standard InChI is InChI=1S/C12H25NO/c1-11(2,10-14)8-13-9-12(3)6-4-5-7-12/h13-14H,4-10H2,1-3H3. The van der Waals surface area contributed by atoms with E-state index in [1.807, 2.05) is 0 Å². The first-order valence-corrected chi connectivity index (χ1v) is 5.79. The number of hydrogen-bond donors (Lipinski definition) is 2. The van der Waals surface area contributed by atoms with Crippen LogP contribution >= 0.6 is 0 Å². The van der Waals surface area contributed by atoms with E-state index in [1.54, 1.807) is 0 Å². The van der Waals surface area contributed by atoms with Gasteiger partial charge in [0, 0.05) is 25.1 Å². The van der Waals surface area contributed by atoms with Crippen molar-refractivity contribution >= 4 is 0 Å². The molecular weight excluding hydrogens is 174 g/mol. The van der Waals surface area contributed by atoms with Crippen LogP contribution in [0.3, 0.4) is 0 Å². The van der Waals surface area contributed by atoms with Crippen LogP contribution in [0.25, 0.3) is 0 Å². The van der Waals surface area contributed by atoms with Crippen molar-refractivity contribution in [2.24, 2.45) is 10.8 Å². The maximum atomic E-state index is 9.11. The quantitative estimate of drug-likeness (QED) is 0.711. The molecule has 1 rings (SSSR count). The molecule has 0 radical (unpaired) electrons. The number of rotatable bonds is 5. The molecule has 0 aromatic rings. The lowest BCUT2D eigenvalue weighted by Gasteiger charge is -2.28. The molecule has 1 saturated carbocycles. The molecule has 1 fully saturated rings. The Bertz CT molecular complexity index is 171. The van der Waals surface area contributed by atoms with E-state index in [0.717, 1.165) is 13.1 Å². The summed E-state index contributed by atoms with van der Waals surface area (Å²) in [5.74, 6) is 0. The van der Waals surface area contributed by atoms with Gasteiger partial charge in [-0.25, -0.2) is 0 Å². The Balaban J connectivity index is 2.20. The molecule has 0 spiro atoms. The second-order valence-corrected chi connectivity index (χ2v) is 5.94. The van der Waals surface area contributed by atoms with Crippen molar-refractivity contribution in [3.63, 3.8) is 0 Å². The number of aliphatic hydroxyl groups is 1. The summed E-state index contributed by atoms with van der Waals surface area (Å²) in [6.07, 6.45) is 5.50. The van der Waals surface area contributed by atoms with Crippen LogP contribution in [0.4, 0.5) is 0 Å². The predicted octanol–water partition coefficient (Wildman–Crippen LogP) is 2.17. The first-order valence-electron chi connectivity index (χ1n) is 5.79. The van der Waals surface area contributed by atoms with E-state index < -0.39 is 0 Å². The fourth-order valence-electron chi connectivity index (χ4n) is 2.16. The molecule has 84 valence electrons. The lowest BCUT2D eigenvalue weighted by atomic mass is 9.88. The fourth-order valence-corrected chi connectivity index (χ4v) is 2.16. The zero-order valence-corrected chi connectivity index (χ0v) is 9.90. The summed E-state index contributed by atoms with van der Waals surface area (Å²) in [6.45, 7) is 8.85. The molecule has 0 unspecified atom stereocenters. The average Bonchev–Trinajstić information content (AvgIpc) is 2.52. The van der Waals surface area contributed by atoms with Gasteiger partial charge in [-0.1, -0.05) is 33.6 Å². The van der Waals surface area contributed by atoms with E-state index in [-0.39, 0.29) is 12.0 Å². The highest BCUT2D eigenvalue weighted by Gasteiger charge is 2.28. The van der Waals surface area contributed by atoms with Gasteiger partial charge in [0.2, 0.25) is 0 Å². The largest absolute Gasteiger partial charge is 0.396 e. The molecular formula is C12H25NO. The molecule has 0 saturated heterocycles. The third-order valence-electron chi connectivity index (χ3n) is 3.39. The highest BCUT2D eigenvalue weighted by atomic mass is 16.3. The Hall–Kier alpha value is -0.0800. The molecule has 0 bridgehead atoms. The second kappa shape index (κ2) is 4.63. The number of hydrogen-bond acceptors (Lipinski definition) is 2. The topological polar surface area (TPSA) is 32.3 Å². The third-order valence-corrected chi connectivity index (χ3v) is 3.39. The van der Waals surface area contributed by atoms with E-state index in [4.69, 9.17) is 5.11 Å². The maximum absolute atomic E-state index is 9.11. The summed E-state index contributed by atoms with van der Waals surface area (Å²) < 4.78 is 0. The fraction of sp³-hybridized carbons (Fsp3) is 1.00. The smallest absolute Gasteiger partial charge is 0.0494 e. The van der Waals surface area contributed by atoms with Gasteiger partial charge in [0.1, 0.15) is 0 Å². The van der Waals surface area contributed by atoms with Crippen LogP contribution in [0.1, 0.15) is 46.5 Å². The summed E-state index contributed by atoms with van der Waals surface area (Å²) in [5, 5.41) is 12.6. The monoisotopic (exact) mass is 199 g/mol. The molecule has 0 aromatic carbocycles. The van der Waals surface area contributed by atoms with Crippen molar-refractivity contribution in [2.75, 3.05) is 19.7 Å². The molecule has 0 heterocycles. The SMILES string of the molecule is CC(C)(CO)CNCC1(C)CCCC1. The summed E-state index contributed by atoms with van der Waals surface area (Å²) in [5.41, 5.74) is 0.542. The Morgan fingerprint density at radius 3 is 2.36 bits per heavy atom. The predicted molar refractivity (Wildman–Crippen MR) is 60.3 cm³/mol. The van der Waals surface area contributed by atoms with E-state index in [2.05, 4.69) is 26.1 Å². The van der Waals surface area contributed by atoms with Gasteiger partial charge in [-0.05, 0) is 18.3 Å². The van der Waals surface area contributed by atoms with Crippen LogP contribution in [0.5, 0.6) is 0 Å². The first-order chi connectivity index (χ1) is 6.47. The van der Waals surface area contributed by atoms with Crippen molar-refractivity contribution in [2.45, 2.75) is 46.5 Å². The minimum absolute atomic E-state index is 0.0228. The third kappa shape index (κ3) is 3.58. The lowest BCUT2D eigenvalue weighted by Crippen LogP contribution is -2.37. The van der Waals surface area contributed by atoms with Gasteiger partial charge in [-0.2, -0.15) is 0 Å². The van der Waals surface area contributed by atoms with Gasteiger partial charge in [0.25, 0.3) is 0 Å². The number of aliphatic hydroxyl groups excluding tert-OH is 1. The second-order valence-electron chi connectivity index (χ2n) is 5.94. The molecule has 0 amide bonds. The van der Waals surface area contributed by atoms with Crippen LogP contribution in [0.2, 0.25) is 0 Å². The summed E-state index contributed by atoms with van der Waals surface area (Å²) in [6, 6.07) is 0. The summed E-state index contributed by atoms with van der Waals surface area (Å²) in [4.78, 5) is 0. The van der Waals surface area contributed by atoms with Gasteiger partial charge in [-0.3, -0.25) is 0 Å². The Labute approximate surface area is 88.1 Å². The van der Waals surface area contributed by atoms with E-state index in [1.165, 1.54) is 25.7 Å². The Morgan fingerprint density at radius 2 is 1.86 bits per heavy atom. The van der Waals surface area contributed by atoms with E-state index in [9.17, 15) is 0 Å². The molecule has 2 N–H and O–H groups in total. The summed E-state index contributed by atoms with van der Waals surface area (Å²) in [7, 11) is 0. The van der Waals surface area contributed by atoms with Gasteiger partial charge in [0.15, 0.2) is 0 Å². The van der Waals surface area contributed by atoms with Crippen molar-refractivity contribution in [3.05, 3.63) is 0 Å². The maximum Gasteiger partial charge on any atom is 0.0494 e. The Morgan fingerprint density at radius 1 is 1.29 bits per heavy atom. The summed E-state index contributed by atoms with van der Waals surface area (Å²) >= 11 is 0. The highest BCUT2D eigenvalue weighted by molar-refractivity contribution is 4.83. The van der Waals surface area contributed by atoms with Crippen molar-refractivity contribution < 1.29 is 5.11 Å². The zero-order chi connectivity index (χ0) is 10.7. The first kappa shape index (κ1) is 12.0. The van der Waals surface area contributed by atoms with Crippen molar-refractivity contribution in [1.29, 1.82) is 0 Å². The van der Waals surface area contributed by atoms with Gasteiger partial charge in [0.05, 0.1) is 0 Å². The molecule has 14 heavy (non-hydrogen) atoms. The average molecular weight is 199 g/mol. The van der Waals surface area contributed by atoms with Crippen molar-refractivity contribution in [1.82, 2.24) is 5.32 Å². The molecule has 1 aliphatic rings. The molecule has 2 nitrogen and oxygen atoms in total.